The Hall–Kier alpha value is -2.67. The summed E-state index contributed by atoms with van der Waals surface area (Å²) in [6.07, 6.45) is 10.2. The number of benzene rings is 1. The molecule has 1 saturated carbocycles. The van der Waals surface area contributed by atoms with E-state index in [-0.39, 0.29) is 37.4 Å². The standard InChI is InChI=1S/C26H36N2O5/c29-18-22(16-20-10-4-3-5-11-20)27-23(30)17-21-12-6-1-2-7-13-24(31)33-19-26(28-25(21)32)14-8-9-15-26/h1,3-6,10-11,21-22,29H,2,7-9,12-19H2,(H,27,30)(H,28,32)/t21-,22-/m1/s1. The second kappa shape index (κ2) is 12.5. The number of carbonyl (C=O) groups excluding carboxylic acids is 3. The number of cyclic esters (lactones) is 1. The van der Waals surface area contributed by atoms with E-state index in [1.807, 2.05) is 42.5 Å². The Kier molecular flexibility index (Phi) is 9.48. The third kappa shape index (κ3) is 8.00. The molecule has 1 heterocycles. The number of carbonyl (C=O) groups is 3. The van der Waals surface area contributed by atoms with E-state index < -0.39 is 17.5 Å². The first-order valence-corrected chi connectivity index (χ1v) is 12.1. The predicted octanol–water partition coefficient (Wildman–Crippen LogP) is 2.81. The van der Waals surface area contributed by atoms with Crippen molar-refractivity contribution < 1.29 is 24.2 Å². The normalized spacial score (nSPS) is 22.4. The Balaban J connectivity index is 1.65. The lowest BCUT2D eigenvalue weighted by molar-refractivity contribution is -0.147. The quantitative estimate of drug-likeness (QED) is 0.451. The maximum absolute atomic E-state index is 13.2. The Morgan fingerprint density at radius 3 is 2.64 bits per heavy atom. The minimum Gasteiger partial charge on any atom is -0.463 e. The molecule has 3 rings (SSSR count). The number of aliphatic hydroxyl groups is 1. The molecule has 0 unspecified atom stereocenters. The lowest BCUT2D eigenvalue weighted by Crippen LogP contribution is -2.52. The van der Waals surface area contributed by atoms with Crippen molar-refractivity contribution in [3.8, 4) is 0 Å². The van der Waals surface area contributed by atoms with Crippen molar-refractivity contribution in [2.24, 2.45) is 5.92 Å². The highest BCUT2D eigenvalue weighted by Crippen LogP contribution is 2.31. The molecule has 1 aliphatic carbocycles. The zero-order valence-corrected chi connectivity index (χ0v) is 19.3. The van der Waals surface area contributed by atoms with E-state index >= 15 is 0 Å². The molecule has 0 saturated heterocycles. The van der Waals surface area contributed by atoms with Crippen LogP contribution in [-0.4, -0.2) is 47.7 Å². The van der Waals surface area contributed by atoms with Gasteiger partial charge in [0.2, 0.25) is 11.8 Å². The van der Waals surface area contributed by atoms with Gasteiger partial charge in [-0.15, -0.1) is 0 Å². The van der Waals surface area contributed by atoms with E-state index in [9.17, 15) is 19.5 Å². The first-order chi connectivity index (χ1) is 16.0. The zero-order chi connectivity index (χ0) is 23.5. The van der Waals surface area contributed by atoms with E-state index in [1.54, 1.807) is 0 Å². The van der Waals surface area contributed by atoms with Crippen LogP contribution in [0.2, 0.25) is 0 Å². The molecule has 1 aromatic carbocycles. The molecular weight excluding hydrogens is 420 g/mol. The number of aliphatic hydroxyl groups excluding tert-OH is 1. The van der Waals surface area contributed by atoms with Crippen LogP contribution >= 0.6 is 0 Å². The van der Waals surface area contributed by atoms with Crippen LogP contribution in [-0.2, 0) is 25.5 Å². The number of hydrogen-bond acceptors (Lipinski definition) is 5. The van der Waals surface area contributed by atoms with Crippen LogP contribution in [0.5, 0.6) is 0 Å². The third-order valence-electron chi connectivity index (χ3n) is 6.51. The van der Waals surface area contributed by atoms with E-state index in [2.05, 4.69) is 10.6 Å². The molecule has 1 aromatic rings. The number of nitrogens with one attached hydrogen (secondary N) is 2. The van der Waals surface area contributed by atoms with Crippen molar-refractivity contribution in [1.82, 2.24) is 10.6 Å². The van der Waals surface area contributed by atoms with Gasteiger partial charge in [-0.1, -0.05) is 55.3 Å². The topological polar surface area (TPSA) is 105 Å². The molecule has 33 heavy (non-hydrogen) atoms. The van der Waals surface area contributed by atoms with Gasteiger partial charge in [-0.2, -0.15) is 0 Å². The summed E-state index contributed by atoms with van der Waals surface area (Å²) in [5.41, 5.74) is 0.484. The average molecular weight is 457 g/mol. The number of amides is 2. The van der Waals surface area contributed by atoms with Crippen molar-refractivity contribution in [1.29, 1.82) is 0 Å². The van der Waals surface area contributed by atoms with Crippen LogP contribution in [0.25, 0.3) is 0 Å². The van der Waals surface area contributed by atoms with Crippen molar-refractivity contribution in [2.75, 3.05) is 13.2 Å². The molecule has 3 N–H and O–H groups in total. The third-order valence-corrected chi connectivity index (χ3v) is 6.51. The van der Waals surface area contributed by atoms with Gasteiger partial charge in [0.05, 0.1) is 24.1 Å². The van der Waals surface area contributed by atoms with Gasteiger partial charge >= 0.3 is 5.97 Å². The van der Waals surface area contributed by atoms with E-state index in [0.717, 1.165) is 37.7 Å². The summed E-state index contributed by atoms with van der Waals surface area (Å²) in [5.74, 6) is -1.19. The minimum atomic E-state index is -0.541. The monoisotopic (exact) mass is 456 g/mol. The van der Waals surface area contributed by atoms with Crippen LogP contribution in [0.3, 0.4) is 0 Å². The predicted molar refractivity (Wildman–Crippen MR) is 125 cm³/mol. The molecular formula is C26H36N2O5. The fourth-order valence-electron chi connectivity index (χ4n) is 4.61. The van der Waals surface area contributed by atoms with Gasteiger partial charge in [0.15, 0.2) is 0 Å². The highest BCUT2D eigenvalue weighted by atomic mass is 16.5. The Labute approximate surface area is 196 Å². The summed E-state index contributed by atoms with van der Waals surface area (Å²) >= 11 is 0. The maximum Gasteiger partial charge on any atom is 0.305 e. The lowest BCUT2D eigenvalue weighted by atomic mass is 9.94. The summed E-state index contributed by atoms with van der Waals surface area (Å²) in [5, 5.41) is 15.8. The minimum absolute atomic E-state index is 0.0390. The summed E-state index contributed by atoms with van der Waals surface area (Å²) in [4.78, 5) is 38.1. The van der Waals surface area contributed by atoms with Gasteiger partial charge in [0.1, 0.15) is 6.61 Å². The molecule has 1 aliphatic heterocycles. The van der Waals surface area contributed by atoms with E-state index in [0.29, 0.717) is 25.7 Å². The van der Waals surface area contributed by atoms with Crippen LogP contribution in [0.15, 0.2) is 42.5 Å². The second-order valence-corrected chi connectivity index (χ2v) is 9.27. The highest BCUT2D eigenvalue weighted by Gasteiger charge is 2.38. The lowest BCUT2D eigenvalue weighted by Gasteiger charge is -2.31. The molecule has 180 valence electrons. The van der Waals surface area contributed by atoms with Crippen molar-refractivity contribution in [2.45, 2.75) is 75.8 Å². The fraction of sp³-hybridized carbons (Fsp3) is 0.577. The van der Waals surface area contributed by atoms with Crippen LogP contribution in [0.1, 0.15) is 63.4 Å². The second-order valence-electron chi connectivity index (χ2n) is 9.27. The molecule has 0 radical (unpaired) electrons. The molecule has 0 aromatic heterocycles. The summed E-state index contributed by atoms with van der Waals surface area (Å²) in [7, 11) is 0. The van der Waals surface area contributed by atoms with Gasteiger partial charge in [-0.05, 0) is 44.1 Å². The maximum atomic E-state index is 13.2. The Morgan fingerprint density at radius 1 is 1.15 bits per heavy atom. The first kappa shape index (κ1) is 25.0. The van der Waals surface area contributed by atoms with Crippen LogP contribution in [0.4, 0.5) is 0 Å². The molecule has 7 heteroatoms. The average Bonchev–Trinajstić information content (AvgIpc) is 3.27. The Bertz CT molecular complexity index is 817. The van der Waals surface area contributed by atoms with E-state index in [4.69, 9.17) is 4.74 Å². The molecule has 2 amide bonds. The highest BCUT2D eigenvalue weighted by molar-refractivity contribution is 5.86. The number of esters is 1. The molecule has 1 spiro atoms. The van der Waals surface area contributed by atoms with Gasteiger partial charge < -0.3 is 20.5 Å². The molecule has 7 nitrogen and oxygen atoms in total. The molecule has 2 atom stereocenters. The first-order valence-electron chi connectivity index (χ1n) is 12.1. The van der Waals surface area contributed by atoms with Gasteiger partial charge in [0, 0.05) is 12.8 Å². The van der Waals surface area contributed by atoms with Gasteiger partial charge in [-0.3, -0.25) is 14.4 Å². The van der Waals surface area contributed by atoms with Gasteiger partial charge in [0.25, 0.3) is 0 Å². The molecule has 1 fully saturated rings. The summed E-state index contributed by atoms with van der Waals surface area (Å²) in [6.45, 7) is 0.0134. The molecule has 0 bridgehead atoms. The summed E-state index contributed by atoms with van der Waals surface area (Å²) in [6, 6.07) is 9.27. The van der Waals surface area contributed by atoms with Crippen molar-refractivity contribution >= 4 is 17.8 Å². The fourth-order valence-corrected chi connectivity index (χ4v) is 4.61. The molecule has 2 aliphatic rings. The number of allylic oxidation sites excluding steroid dienone is 2. The number of rotatable bonds is 6. The van der Waals surface area contributed by atoms with Crippen molar-refractivity contribution in [3.63, 3.8) is 0 Å². The van der Waals surface area contributed by atoms with Crippen LogP contribution in [0, 0.1) is 5.92 Å². The number of ether oxygens (including phenoxy) is 1. The largest absolute Gasteiger partial charge is 0.463 e. The van der Waals surface area contributed by atoms with E-state index in [1.165, 1.54) is 0 Å². The summed E-state index contributed by atoms with van der Waals surface area (Å²) < 4.78 is 5.50. The number of hydrogen-bond donors (Lipinski definition) is 3. The Morgan fingerprint density at radius 2 is 1.91 bits per heavy atom. The zero-order valence-electron chi connectivity index (χ0n) is 19.3. The smallest absolute Gasteiger partial charge is 0.305 e. The van der Waals surface area contributed by atoms with Crippen molar-refractivity contribution in [3.05, 3.63) is 48.0 Å². The van der Waals surface area contributed by atoms with Gasteiger partial charge in [-0.25, -0.2) is 0 Å². The van der Waals surface area contributed by atoms with Crippen LogP contribution < -0.4 is 10.6 Å². The SMILES string of the molecule is O=C(C[C@H]1CC=CCCCC(=O)OCC2(CCCC2)NC1=O)N[C@@H](CO)Cc1ccccc1.